The van der Waals surface area contributed by atoms with E-state index in [1.165, 1.54) is 11.3 Å². The lowest BCUT2D eigenvalue weighted by Crippen LogP contribution is -2.19. The quantitative estimate of drug-likeness (QED) is 0.538. The number of anilines is 1. The first-order valence-electron chi connectivity index (χ1n) is 6.30. The van der Waals surface area contributed by atoms with E-state index in [9.17, 15) is 4.79 Å². The molecule has 0 radical (unpaired) electrons. The van der Waals surface area contributed by atoms with Gasteiger partial charge in [-0.15, -0.1) is 0 Å². The molecule has 18 heavy (non-hydrogen) atoms. The van der Waals surface area contributed by atoms with Crippen LogP contribution in [0, 0.1) is 0 Å². The zero-order chi connectivity index (χ0) is 13.5. The van der Waals surface area contributed by atoms with Crippen molar-refractivity contribution < 1.29 is 9.53 Å². The fourth-order valence-electron chi connectivity index (χ4n) is 1.67. The number of ether oxygens (including phenoxy) is 1. The van der Waals surface area contributed by atoms with Gasteiger partial charge in [-0.1, -0.05) is 25.2 Å². The number of carbonyl (C=O) groups is 1. The van der Waals surface area contributed by atoms with E-state index >= 15 is 0 Å². The Morgan fingerprint density at radius 1 is 1.56 bits per heavy atom. The van der Waals surface area contributed by atoms with Crippen LogP contribution in [0.15, 0.2) is 0 Å². The lowest BCUT2D eigenvalue weighted by Gasteiger charge is -2.15. The van der Waals surface area contributed by atoms with E-state index in [4.69, 9.17) is 4.74 Å². The highest BCUT2D eigenvalue weighted by atomic mass is 32.1. The second kappa shape index (κ2) is 7.48. The maximum absolute atomic E-state index is 11.1. The Morgan fingerprint density at radius 2 is 2.28 bits per heavy atom. The molecule has 0 bridgehead atoms. The van der Waals surface area contributed by atoms with Crippen molar-refractivity contribution >= 4 is 22.8 Å². The van der Waals surface area contributed by atoms with Crippen LogP contribution in [-0.4, -0.2) is 38.6 Å². The van der Waals surface area contributed by atoms with Gasteiger partial charge in [0.2, 0.25) is 0 Å². The van der Waals surface area contributed by atoms with Crippen LogP contribution >= 0.6 is 11.3 Å². The summed E-state index contributed by atoms with van der Waals surface area (Å²) < 4.78 is 5.03. The summed E-state index contributed by atoms with van der Waals surface area (Å²) in [6, 6.07) is 0. The predicted octanol–water partition coefficient (Wildman–Crippen LogP) is 2.94. The van der Waals surface area contributed by atoms with Gasteiger partial charge in [0.15, 0.2) is 11.4 Å². The topological polar surface area (TPSA) is 42.4 Å². The van der Waals surface area contributed by atoms with Gasteiger partial charge < -0.3 is 9.64 Å². The van der Waals surface area contributed by atoms with Crippen molar-refractivity contribution in [3.05, 3.63) is 10.6 Å². The number of rotatable bonds is 8. The summed E-state index contributed by atoms with van der Waals surface area (Å²) in [7, 11) is 3.71. The SMILES string of the molecule is CCC(C)c1nc(N(C)CCCOC)sc1C=O. The predicted molar refractivity (Wildman–Crippen MR) is 76.0 cm³/mol. The summed E-state index contributed by atoms with van der Waals surface area (Å²) in [5.41, 5.74) is 0.936. The molecule has 0 amide bonds. The normalized spacial score (nSPS) is 12.4. The van der Waals surface area contributed by atoms with Gasteiger partial charge in [0, 0.05) is 27.3 Å². The lowest BCUT2D eigenvalue weighted by molar-refractivity contribution is 0.112. The molecule has 0 aliphatic carbocycles. The number of hydrogen-bond donors (Lipinski definition) is 0. The molecule has 1 rings (SSSR count). The average molecular weight is 270 g/mol. The molecule has 102 valence electrons. The molecule has 1 atom stereocenters. The zero-order valence-electron chi connectivity index (χ0n) is 11.6. The molecule has 0 aliphatic rings. The second-order valence-corrected chi connectivity index (χ2v) is 5.45. The molecular weight excluding hydrogens is 248 g/mol. The molecule has 0 aliphatic heterocycles. The highest BCUT2D eigenvalue weighted by molar-refractivity contribution is 7.17. The van der Waals surface area contributed by atoms with Crippen molar-refractivity contribution in [2.45, 2.75) is 32.6 Å². The number of hydrogen-bond acceptors (Lipinski definition) is 5. The largest absolute Gasteiger partial charge is 0.385 e. The third kappa shape index (κ3) is 3.78. The Hall–Kier alpha value is -0.940. The fraction of sp³-hybridized carbons (Fsp3) is 0.692. The molecule has 0 aromatic carbocycles. The number of methoxy groups -OCH3 is 1. The fourth-order valence-corrected chi connectivity index (χ4v) is 2.65. The van der Waals surface area contributed by atoms with Crippen LogP contribution in [-0.2, 0) is 4.74 Å². The van der Waals surface area contributed by atoms with E-state index < -0.39 is 0 Å². The van der Waals surface area contributed by atoms with Crippen molar-refractivity contribution in [3.8, 4) is 0 Å². The molecule has 0 saturated carbocycles. The highest BCUT2D eigenvalue weighted by Gasteiger charge is 2.17. The zero-order valence-corrected chi connectivity index (χ0v) is 12.4. The van der Waals surface area contributed by atoms with E-state index in [0.29, 0.717) is 5.92 Å². The van der Waals surface area contributed by atoms with Crippen molar-refractivity contribution in [3.63, 3.8) is 0 Å². The van der Waals surface area contributed by atoms with Gasteiger partial charge in [0.25, 0.3) is 0 Å². The monoisotopic (exact) mass is 270 g/mol. The summed E-state index contributed by atoms with van der Waals surface area (Å²) in [5, 5.41) is 0.920. The molecule has 1 aromatic rings. The first-order valence-corrected chi connectivity index (χ1v) is 7.11. The smallest absolute Gasteiger partial charge is 0.185 e. The maximum atomic E-state index is 11.1. The molecule has 0 fully saturated rings. The van der Waals surface area contributed by atoms with Crippen LogP contribution in [0.25, 0.3) is 0 Å². The minimum atomic E-state index is 0.336. The summed E-state index contributed by atoms with van der Waals surface area (Å²) in [4.78, 5) is 18.5. The number of aromatic nitrogens is 1. The summed E-state index contributed by atoms with van der Waals surface area (Å²) in [6.45, 7) is 5.85. The standard InChI is InChI=1S/C13H22N2O2S/c1-5-10(2)12-11(9-16)18-13(14-12)15(3)7-6-8-17-4/h9-10H,5-8H2,1-4H3. The van der Waals surface area contributed by atoms with Crippen LogP contribution in [0.5, 0.6) is 0 Å². The van der Waals surface area contributed by atoms with Gasteiger partial charge in [-0.25, -0.2) is 4.98 Å². The lowest BCUT2D eigenvalue weighted by atomic mass is 10.0. The summed E-state index contributed by atoms with van der Waals surface area (Å²) in [6.07, 6.45) is 2.88. The van der Waals surface area contributed by atoms with Crippen LogP contribution in [0.1, 0.15) is 48.0 Å². The van der Waals surface area contributed by atoms with Gasteiger partial charge in [-0.2, -0.15) is 0 Å². The van der Waals surface area contributed by atoms with Crippen LogP contribution in [0.2, 0.25) is 0 Å². The maximum Gasteiger partial charge on any atom is 0.185 e. The molecule has 1 heterocycles. The number of carbonyl (C=O) groups excluding carboxylic acids is 1. The molecule has 0 spiro atoms. The minimum absolute atomic E-state index is 0.336. The van der Waals surface area contributed by atoms with Crippen molar-refractivity contribution in [1.29, 1.82) is 0 Å². The average Bonchev–Trinajstić information content (AvgIpc) is 2.82. The molecule has 1 aromatic heterocycles. The van der Waals surface area contributed by atoms with Crippen molar-refractivity contribution in [2.24, 2.45) is 0 Å². The first-order chi connectivity index (χ1) is 8.63. The highest BCUT2D eigenvalue weighted by Crippen LogP contribution is 2.30. The third-order valence-corrected chi connectivity index (χ3v) is 4.14. The van der Waals surface area contributed by atoms with E-state index in [2.05, 4.69) is 23.7 Å². The Balaban J connectivity index is 2.77. The Morgan fingerprint density at radius 3 is 2.83 bits per heavy atom. The van der Waals surface area contributed by atoms with Gasteiger partial charge in [0.05, 0.1) is 10.6 Å². The molecule has 0 N–H and O–H groups in total. The van der Waals surface area contributed by atoms with E-state index in [0.717, 1.165) is 48.0 Å². The summed E-state index contributed by atoms with van der Waals surface area (Å²) in [5.74, 6) is 0.336. The second-order valence-electron chi connectivity index (χ2n) is 4.44. The van der Waals surface area contributed by atoms with Gasteiger partial charge in [-0.3, -0.25) is 4.79 Å². The molecular formula is C13H22N2O2S. The van der Waals surface area contributed by atoms with Gasteiger partial charge >= 0.3 is 0 Å². The van der Waals surface area contributed by atoms with Crippen LogP contribution in [0.4, 0.5) is 5.13 Å². The minimum Gasteiger partial charge on any atom is -0.385 e. The van der Waals surface area contributed by atoms with Crippen LogP contribution < -0.4 is 4.90 Å². The number of aldehydes is 1. The molecule has 0 saturated heterocycles. The van der Waals surface area contributed by atoms with Crippen molar-refractivity contribution in [2.75, 3.05) is 32.2 Å². The molecule has 5 heteroatoms. The van der Waals surface area contributed by atoms with Gasteiger partial charge in [-0.05, 0) is 18.8 Å². The van der Waals surface area contributed by atoms with E-state index in [-0.39, 0.29) is 0 Å². The summed E-state index contributed by atoms with van der Waals surface area (Å²) >= 11 is 1.48. The molecule has 1 unspecified atom stereocenters. The van der Waals surface area contributed by atoms with Crippen molar-refractivity contribution in [1.82, 2.24) is 4.98 Å². The Bertz CT molecular complexity index is 379. The number of thiazole rings is 1. The Kier molecular flexibility index (Phi) is 6.29. The van der Waals surface area contributed by atoms with E-state index in [1.807, 2.05) is 7.05 Å². The third-order valence-electron chi connectivity index (χ3n) is 3.02. The van der Waals surface area contributed by atoms with Gasteiger partial charge in [0.1, 0.15) is 0 Å². The Labute approximate surface area is 113 Å². The van der Waals surface area contributed by atoms with Crippen LogP contribution in [0.3, 0.4) is 0 Å². The number of nitrogens with zero attached hydrogens (tertiary/aromatic N) is 2. The van der Waals surface area contributed by atoms with E-state index in [1.54, 1.807) is 7.11 Å². The first kappa shape index (κ1) is 15.1. The molecule has 4 nitrogen and oxygen atoms in total.